The first-order chi connectivity index (χ1) is 13.1. The van der Waals surface area contributed by atoms with E-state index in [0.29, 0.717) is 41.1 Å². The van der Waals surface area contributed by atoms with Crippen molar-refractivity contribution in [2.24, 2.45) is 0 Å². The largest absolute Gasteiger partial charge is 0.490 e. The number of rotatable bonds is 3. The first kappa shape index (κ1) is 17.4. The van der Waals surface area contributed by atoms with Gasteiger partial charge in [0.1, 0.15) is 5.82 Å². The van der Waals surface area contributed by atoms with E-state index in [1.54, 1.807) is 35.0 Å². The van der Waals surface area contributed by atoms with Crippen molar-refractivity contribution < 1.29 is 14.3 Å². The highest BCUT2D eigenvalue weighted by Gasteiger charge is 2.16. The molecule has 0 fully saturated rings. The van der Waals surface area contributed by atoms with Gasteiger partial charge in [-0.05, 0) is 49.4 Å². The van der Waals surface area contributed by atoms with Crippen LogP contribution in [0.4, 0.5) is 5.82 Å². The van der Waals surface area contributed by atoms with Crippen LogP contribution in [0.15, 0.2) is 48.5 Å². The SMILES string of the molecule is Cc1cc(NC(=O)c2ccc3c(c2)OCCCO3)n(-c2ccc(Cl)cc2)n1. The first-order valence-corrected chi connectivity index (χ1v) is 9.01. The van der Waals surface area contributed by atoms with Gasteiger partial charge in [0.15, 0.2) is 11.5 Å². The number of aryl methyl sites for hydroxylation is 1. The molecule has 27 heavy (non-hydrogen) atoms. The van der Waals surface area contributed by atoms with Gasteiger partial charge in [0.2, 0.25) is 0 Å². The van der Waals surface area contributed by atoms with E-state index in [0.717, 1.165) is 17.8 Å². The van der Waals surface area contributed by atoms with Gasteiger partial charge in [0, 0.05) is 23.1 Å². The van der Waals surface area contributed by atoms with Crippen molar-refractivity contribution >= 4 is 23.3 Å². The Bertz CT molecular complexity index is 983. The molecule has 4 rings (SSSR count). The average Bonchev–Trinajstić information content (AvgIpc) is 2.88. The highest BCUT2D eigenvalue weighted by Crippen LogP contribution is 2.30. The minimum Gasteiger partial charge on any atom is -0.490 e. The standard InChI is InChI=1S/C20H18ClN3O3/c1-13-11-19(24(23-13)16-6-4-15(21)5-7-16)22-20(25)14-3-8-17-18(12-14)27-10-2-9-26-17/h3-8,11-12H,2,9-10H2,1H3,(H,22,25). The lowest BCUT2D eigenvalue weighted by Gasteiger charge is -2.11. The summed E-state index contributed by atoms with van der Waals surface area (Å²) in [6.45, 7) is 3.05. The second kappa shape index (κ2) is 7.32. The van der Waals surface area contributed by atoms with Crippen LogP contribution >= 0.6 is 11.6 Å². The molecule has 1 aromatic heterocycles. The van der Waals surface area contributed by atoms with Crippen LogP contribution in [0.25, 0.3) is 5.69 Å². The summed E-state index contributed by atoms with van der Waals surface area (Å²) in [4.78, 5) is 12.8. The van der Waals surface area contributed by atoms with Crippen LogP contribution in [0.5, 0.6) is 11.5 Å². The van der Waals surface area contributed by atoms with Gasteiger partial charge in [-0.3, -0.25) is 4.79 Å². The summed E-state index contributed by atoms with van der Waals surface area (Å²) >= 11 is 5.96. The van der Waals surface area contributed by atoms with Crippen LogP contribution in [0.1, 0.15) is 22.5 Å². The number of amides is 1. The molecule has 6 nitrogen and oxygen atoms in total. The Hall–Kier alpha value is -2.99. The normalized spacial score (nSPS) is 13.1. The summed E-state index contributed by atoms with van der Waals surface area (Å²) in [5.41, 5.74) is 2.08. The Labute approximate surface area is 161 Å². The summed E-state index contributed by atoms with van der Waals surface area (Å²) in [6, 6.07) is 14.3. The van der Waals surface area contributed by atoms with Gasteiger partial charge in [0.25, 0.3) is 5.91 Å². The summed E-state index contributed by atoms with van der Waals surface area (Å²) in [5.74, 6) is 1.57. The van der Waals surface area contributed by atoms with Crippen molar-refractivity contribution in [1.29, 1.82) is 0 Å². The maximum absolute atomic E-state index is 12.8. The van der Waals surface area contributed by atoms with Gasteiger partial charge >= 0.3 is 0 Å². The van der Waals surface area contributed by atoms with Crippen molar-refractivity contribution in [3.05, 3.63) is 64.8 Å². The van der Waals surface area contributed by atoms with Gasteiger partial charge in [-0.25, -0.2) is 4.68 Å². The fraction of sp³-hybridized carbons (Fsp3) is 0.200. The number of aromatic nitrogens is 2. The van der Waals surface area contributed by atoms with Crippen LogP contribution in [-0.2, 0) is 0 Å². The van der Waals surface area contributed by atoms with Crippen LogP contribution in [0.3, 0.4) is 0 Å². The summed E-state index contributed by atoms with van der Waals surface area (Å²) in [5, 5.41) is 8.01. The molecule has 138 valence electrons. The molecule has 0 saturated carbocycles. The molecule has 1 N–H and O–H groups in total. The van der Waals surface area contributed by atoms with E-state index in [2.05, 4.69) is 10.4 Å². The molecule has 1 aliphatic rings. The van der Waals surface area contributed by atoms with Crippen molar-refractivity contribution in [3.63, 3.8) is 0 Å². The monoisotopic (exact) mass is 383 g/mol. The molecule has 2 heterocycles. The van der Waals surface area contributed by atoms with Crippen LogP contribution < -0.4 is 14.8 Å². The highest BCUT2D eigenvalue weighted by atomic mass is 35.5. The molecule has 0 radical (unpaired) electrons. The Balaban J connectivity index is 1.60. The number of hydrogen-bond donors (Lipinski definition) is 1. The average molecular weight is 384 g/mol. The van der Waals surface area contributed by atoms with Gasteiger partial charge in [0.05, 0.1) is 24.6 Å². The molecule has 3 aromatic rings. The number of fused-ring (bicyclic) bond motifs is 1. The molecule has 0 unspecified atom stereocenters. The third kappa shape index (κ3) is 3.75. The topological polar surface area (TPSA) is 65.4 Å². The zero-order chi connectivity index (χ0) is 18.8. The van der Waals surface area contributed by atoms with Crippen molar-refractivity contribution in [1.82, 2.24) is 9.78 Å². The molecule has 2 aromatic carbocycles. The van der Waals surface area contributed by atoms with Gasteiger partial charge in [-0.15, -0.1) is 0 Å². The molecule has 1 aliphatic heterocycles. The lowest BCUT2D eigenvalue weighted by atomic mass is 10.2. The summed E-state index contributed by atoms with van der Waals surface area (Å²) in [6.07, 6.45) is 0.815. The predicted octanol–water partition coefficient (Wildman–Crippen LogP) is 4.25. The van der Waals surface area contributed by atoms with E-state index in [9.17, 15) is 4.79 Å². The summed E-state index contributed by atoms with van der Waals surface area (Å²) in [7, 11) is 0. The highest BCUT2D eigenvalue weighted by molar-refractivity contribution is 6.30. The number of anilines is 1. The lowest BCUT2D eigenvalue weighted by Crippen LogP contribution is -2.15. The Morgan fingerprint density at radius 2 is 1.81 bits per heavy atom. The van der Waals surface area contributed by atoms with E-state index < -0.39 is 0 Å². The molecule has 7 heteroatoms. The summed E-state index contributed by atoms with van der Waals surface area (Å²) < 4.78 is 12.9. The number of carbonyl (C=O) groups is 1. The number of halogens is 1. The zero-order valence-corrected chi connectivity index (χ0v) is 15.5. The molecule has 0 spiro atoms. The van der Waals surface area contributed by atoms with E-state index >= 15 is 0 Å². The number of hydrogen-bond acceptors (Lipinski definition) is 4. The fourth-order valence-electron chi connectivity index (χ4n) is 2.86. The van der Waals surface area contributed by atoms with E-state index in [1.807, 2.05) is 25.1 Å². The van der Waals surface area contributed by atoms with Crippen LogP contribution in [-0.4, -0.2) is 28.9 Å². The molecule has 0 bridgehead atoms. The molecular formula is C20H18ClN3O3. The predicted molar refractivity (Wildman–Crippen MR) is 103 cm³/mol. The number of nitrogens with zero attached hydrogens (tertiary/aromatic N) is 2. The van der Waals surface area contributed by atoms with Crippen LogP contribution in [0.2, 0.25) is 5.02 Å². The van der Waals surface area contributed by atoms with Gasteiger partial charge in [-0.2, -0.15) is 5.10 Å². The van der Waals surface area contributed by atoms with E-state index in [4.69, 9.17) is 21.1 Å². The number of nitrogens with one attached hydrogen (secondary N) is 1. The molecule has 0 atom stereocenters. The second-order valence-corrected chi connectivity index (χ2v) is 6.66. The van der Waals surface area contributed by atoms with Crippen molar-refractivity contribution in [3.8, 4) is 17.2 Å². The minimum absolute atomic E-state index is 0.249. The first-order valence-electron chi connectivity index (χ1n) is 8.64. The van der Waals surface area contributed by atoms with E-state index in [-0.39, 0.29) is 5.91 Å². The fourth-order valence-corrected chi connectivity index (χ4v) is 2.99. The second-order valence-electron chi connectivity index (χ2n) is 6.23. The molecule has 1 amide bonds. The lowest BCUT2D eigenvalue weighted by molar-refractivity contribution is 0.102. The zero-order valence-electron chi connectivity index (χ0n) is 14.7. The minimum atomic E-state index is -0.249. The molecule has 0 saturated heterocycles. The maximum atomic E-state index is 12.8. The third-order valence-corrected chi connectivity index (χ3v) is 4.41. The number of carbonyl (C=O) groups excluding carboxylic acids is 1. The van der Waals surface area contributed by atoms with Gasteiger partial charge < -0.3 is 14.8 Å². The quantitative estimate of drug-likeness (QED) is 0.734. The van der Waals surface area contributed by atoms with Crippen molar-refractivity contribution in [2.45, 2.75) is 13.3 Å². The van der Waals surface area contributed by atoms with Crippen molar-refractivity contribution in [2.75, 3.05) is 18.5 Å². The van der Waals surface area contributed by atoms with E-state index in [1.165, 1.54) is 0 Å². The Morgan fingerprint density at radius 1 is 1.07 bits per heavy atom. The smallest absolute Gasteiger partial charge is 0.256 e. The van der Waals surface area contributed by atoms with Gasteiger partial charge in [-0.1, -0.05) is 11.6 Å². The molecular weight excluding hydrogens is 366 g/mol. The molecule has 0 aliphatic carbocycles. The Kier molecular flexibility index (Phi) is 4.73. The Morgan fingerprint density at radius 3 is 2.59 bits per heavy atom. The number of ether oxygens (including phenoxy) is 2. The third-order valence-electron chi connectivity index (χ3n) is 4.15. The maximum Gasteiger partial charge on any atom is 0.256 e. The van der Waals surface area contributed by atoms with Crippen LogP contribution in [0, 0.1) is 6.92 Å². The number of benzene rings is 2.